The van der Waals surface area contributed by atoms with Gasteiger partial charge < -0.3 is 35.2 Å². The van der Waals surface area contributed by atoms with E-state index in [1.807, 2.05) is 0 Å². The Morgan fingerprint density at radius 2 is 1.90 bits per heavy atom. The zero-order valence-electron chi connectivity index (χ0n) is 13.9. The van der Waals surface area contributed by atoms with Gasteiger partial charge in [-0.15, -0.1) is 0 Å². The zero-order valence-corrected chi connectivity index (χ0v) is 18.2. The number of hydrogen-bond acceptors (Lipinski definition) is 11. The summed E-state index contributed by atoms with van der Waals surface area (Å²) in [7, 11) is -16.6. The molecule has 7 N–H and O–H groups in total. The van der Waals surface area contributed by atoms with Crippen molar-refractivity contribution in [1.29, 1.82) is 0 Å². The highest BCUT2D eigenvalue weighted by molar-refractivity contribution is 9.09. The van der Waals surface area contributed by atoms with Crippen LogP contribution in [0.4, 0.5) is 5.82 Å². The van der Waals surface area contributed by atoms with Crippen LogP contribution in [0.25, 0.3) is 0 Å². The lowest BCUT2D eigenvalue weighted by atomic mass is 10.2. The van der Waals surface area contributed by atoms with Crippen LogP contribution in [-0.4, -0.2) is 53.0 Å². The van der Waals surface area contributed by atoms with E-state index in [1.54, 1.807) is 0 Å². The number of ether oxygens (including phenoxy) is 1. The topological polar surface area (TPSA) is 250 Å². The molecule has 20 heteroatoms. The van der Waals surface area contributed by atoms with Gasteiger partial charge in [-0.25, -0.2) is 18.5 Å². The summed E-state index contributed by atoms with van der Waals surface area (Å²) < 4.78 is 49.8. The van der Waals surface area contributed by atoms with E-state index >= 15 is 0 Å². The Hall–Kier alpha value is -0.510. The van der Waals surface area contributed by atoms with E-state index in [0.29, 0.717) is 0 Å². The van der Waals surface area contributed by atoms with Crippen molar-refractivity contribution in [2.45, 2.75) is 23.3 Å². The first kappa shape index (κ1) is 24.8. The number of nitrogen functional groups attached to an aromatic ring is 1. The first-order chi connectivity index (χ1) is 13.0. The summed E-state index contributed by atoms with van der Waals surface area (Å²) in [5, 5.41) is 10.1. The van der Waals surface area contributed by atoms with Gasteiger partial charge in [-0.2, -0.15) is 13.6 Å². The summed E-state index contributed by atoms with van der Waals surface area (Å²) in [6.07, 6.45) is -1.73. The number of alkyl halides is 1. The molecule has 0 aromatic carbocycles. The van der Waals surface area contributed by atoms with E-state index < -0.39 is 52.6 Å². The third kappa shape index (κ3) is 7.01. The van der Waals surface area contributed by atoms with Crippen molar-refractivity contribution in [2.24, 2.45) is 0 Å². The molecule has 0 saturated carbocycles. The SMILES string of the molecule is Nc1ccn([C@@]2(Br)C[C@H](O)[C@@H](COP(=O)(O)OP(=O)(O)OP(=O)(O)O)O2)c(=O)n1. The van der Waals surface area contributed by atoms with E-state index in [1.165, 1.54) is 12.3 Å². The average molecular weight is 546 g/mol. The average Bonchev–Trinajstić information content (AvgIpc) is 2.76. The number of aliphatic hydroxyl groups excluding tert-OH is 1. The number of aromatic nitrogens is 2. The number of phosphoric acid groups is 3. The predicted octanol–water partition coefficient (Wildman–Crippen LogP) is -0.676. The second kappa shape index (κ2) is 8.55. The first-order valence-corrected chi connectivity index (χ1v) is 12.5. The molecule has 0 aliphatic carbocycles. The van der Waals surface area contributed by atoms with Crippen LogP contribution in [0.1, 0.15) is 6.42 Å². The molecule has 2 rings (SSSR count). The Morgan fingerprint density at radius 3 is 2.45 bits per heavy atom. The highest BCUT2D eigenvalue weighted by atomic mass is 79.9. The summed E-state index contributed by atoms with van der Waals surface area (Å²) in [4.78, 5) is 50.9. The van der Waals surface area contributed by atoms with E-state index in [2.05, 4.69) is 34.1 Å². The second-order valence-electron chi connectivity index (χ2n) is 5.51. The Morgan fingerprint density at radius 1 is 1.28 bits per heavy atom. The standard InChI is InChI=1S/C9H15BrN3O13P3/c10-9(13-2-1-7(11)12-8(13)15)3-5(14)6(24-9)4-23-28(19,20)26-29(21,22)25-27(16,17)18/h1-2,5-6,14H,3-4H2,(H,19,20)(H,21,22)(H2,11,12,15)(H2,16,17,18)/t5-,6+,9-/m0/s1. The minimum Gasteiger partial charge on any atom is -0.390 e. The van der Waals surface area contributed by atoms with Crippen LogP contribution >= 0.6 is 39.4 Å². The fraction of sp³-hybridized carbons (Fsp3) is 0.556. The van der Waals surface area contributed by atoms with Crippen LogP contribution < -0.4 is 11.4 Å². The summed E-state index contributed by atoms with van der Waals surface area (Å²) in [6, 6.07) is 1.28. The van der Waals surface area contributed by atoms with Crippen molar-refractivity contribution in [3.63, 3.8) is 0 Å². The number of aliphatic hydroxyl groups is 1. The highest BCUT2D eigenvalue weighted by Gasteiger charge is 2.48. The Balaban J connectivity index is 2.05. The van der Waals surface area contributed by atoms with Gasteiger partial charge in [0.25, 0.3) is 0 Å². The predicted molar refractivity (Wildman–Crippen MR) is 95.1 cm³/mol. The van der Waals surface area contributed by atoms with Gasteiger partial charge in [0.05, 0.1) is 12.7 Å². The van der Waals surface area contributed by atoms with Gasteiger partial charge in [0.15, 0.2) is 0 Å². The maximum Gasteiger partial charge on any atom is 0.490 e. The largest absolute Gasteiger partial charge is 0.490 e. The molecule has 5 atom stereocenters. The van der Waals surface area contributed by atoms with Gasteiger partial charge >= 0.3 is 29.2 Å². The van der Waals surface area contributed by atoms with Crippen molar-refractivity contribution in [1.82, 2.24) is 9.55 Å². The molecule has 1 aromatic rings. The van der Waals surface area contributed by atoms with E-state index in [0.717, 1.165) is 4.57 Å². The molecule has 0 bridgehead atoms. The molecular formula is C9H15BrN3O13P3. The van der Waals surface area contributed by atoms with Crippen LogP contribution in [-0.2, 0) is 36.2 Å². The lowest BCUT2D eigenvalue weighted by molar-refractivity contribution is -0.0597. The maximum atomic E-state index is 11.9. The van der Waals surface area contributed by atoms with Gasteiger partial charge in [0.1, 0.15) is 11.9 Å². The number of anilines is 1. The molecular weight excluding hydrogens is 531 g/mol. The molecule has 2 heterocycles. The molecule has 16 nitrogen and oxygen atoms in total. The number of hydrogen-bond donors (Lipinski definition) is 6. The van der Waals surface area contributed by atoms with Crippen molar-refractivity contribution < 1.29 is 56.3 Å². The molecule has 1 saturated heterocycles. The fourth-order valence-electron chi connectivity index (χ4n) is 2.19. The minimum absolute atomic E-state index is 0.0647. The molecule has 1 aromatic heterocycles. The van der Waals surface area contributed by atoms with Gasteiger partial charge in [0, 0.05) is 12.6 Å². The monoisotopic (exact) mass is 545 g/mol. The molecule has 1 aliphatic heterocycles. The number of halogens is 1. The molecule has 29 heavy (non-hydrogen) atoms. The molecule has 1 fully saturated rings. The lowest BCUT2D eigenvalue weighted by Crippen LogP contribution is -2.38. The summed E-state index contributed by atoms with van der Waals surface area (Å²) >= 11 is 3.10. The van der Waals surface area contributed by atoms with Gasteiger partial charge in [-0.1, -0.05) is 0 Å². The van der Waals surface area contributed by atoms with Gasteiger partial charge in [-0.3, -0.25) is 9.09 Å². The third-order valence-electron chi connectivity index (χ3n) is 3.22. The van der Waals surface area contributed by atoms with Crippen LogP contribution in [0.15, 0.2) is 17.1 Å². The summed E-state index contributed by atoms with van der Waals surface area (Å²) in [5.74, 6) is -0.0647. The van der Waals surface area contributed by atoms with Crippen LogP contribution in [0.3, 0.4) is 0 Å². The highest BCUT2D eigenvalue weighted by Crippen LogP contribution is 2.66. The number of nitrogens with two attached hydrogens (primary N) is 1. The molecule has 0 amide bonds. The molecule has 0 spiro atoms. The van der Waals surface area contributed by atoms with E-state index in [9.17, 15) is 28.5 Å². The summed E-state index contributed by atoms with van der Waals surface area (Å²) in [6.45, 7) is -0.893. The zero-order chi connectivity index (χ0) is 22.3. The molecule has 1 aliphatic rings. The summed E-state index contributed by atoms with van der Waals surface area (Å²) in [5.41, 5.74) is 4.55. The van der Waals surface area contributed by atoms with Gasteiger partial charge in [0.2, 0.25) is 4.63 Å². The van der Waals surface area contributed by atoms with E-state index in [-0.39, 0.29) is 12.2 Å². The number of rotatable bonds is 8. The smallest absolute Gasteiger partial charge is 0.390 e. The lowest BCUT2D eigenvalue weighted by Gasteiger charge is -2.24. The normalized spacial score (nSPS) is 29.3. The van der Waals surface area contributed by atoms with Crippen molar-refractivity contribution in [2.75, 3.05) is 12.3 Å². The molecule has 2 unspecified atom stereocenters. The Kier molecular flexibility index (Phi) is 7.30. The first-order valence-electron chi connectivity index (χ1n) is 7.21. The van der Waals surface area contributed by atoms with Crippen LogP contribution in [0.5, 0.6) is 0 Å². The Bertz CT molecular complexity index is 966. The molecule has 0 radical (unpaired) electrons. The number of phosphoric ester groups is 1. The maximum absolute atomic E-state index is 11.9. The van der Waals surface area contributed by atoms with Crippen LogP contribution in [0, 0.1) is 0 Å². The second-order valence-corrected chi connectivity index (χ2v) is 11.2. The Labute approximate surface area is 169 Å². The van der Waals surface area contributed by atoms with Crippen molar-refractivity contribution in [3.05, 3.63) is 22.7 Å². The van der Waals surface area contributed by atoms with E-state index in [4.69, 9.17) is 25.2 Å². The van der Waals surface area contributed by atoms with Gasteiger partial charge in [-0.05, 0) is 22.0 Å². The van der Waals surface area contributed by atoms with Crippen molar-refractivity contribution in [3.8, 4) is 0 Å². The van der Waals surface area contributed by atoms with Crippen molar-refractivity contribution >= 4 is 45.2 Å². The number of nitrogens with zero attached hydrogens (tertiary/aromatic N) is 2. The molecule has 166 valence electrons. The third-order valence-corrected chi connectivity index (χ3v) is 7.92. The fourth-order valence-corrected chi connectivity index (χ4v) is 6.06. The quantitative estimate of drug-likeness (QED) is 0.175. The minimum atomic E-state index is -5.68. The van der Waals surface area contributed by atoms with Crippen LogP contribution in [0.2, 0.25) is 0 Å².